The van der Waals surface area contributed by atoms with E-state index in [0.29, 0.717) is 6.61 Å². The van der Waals surface area contributed by atoms with Crippen LogP contribution in [0.4, 0.5) is 0 Å². The summed E-state index contributed by atoms with van der Waals surface area (Å²) < 4.78 is 7.23. The summed E-state index contributed by atoms with van der Waals surface area (Å²) >= 11 is 0. The summed E-state index contributed by atoms with van der Waals surface area (Å²) in [7, 11) is 1.80. The highest BCUT2D eigenvalue weighted by Crippen LogP contribution is 2.16. The number of carbonyl (C=O) groups is 1. The highest BCUT2D eigenvalue weighted by atomic mass is 16.5. The minimum Gasteiger partial charge on any atom is -0.465 e. The second-order valence-electron chi connectivity index (χ2n) is 5.01. The lowest BCUT2D eigenvalue weighted by atomic mass is 9.96. The summed E-state index contributed by atoms with van der Waals surface area (Å²) in [6.45, 7) is 9.05. The van der Waals surface area contributed by atoms with E-state index in [1.54, 1.807) is 7.05 Å². The first-order valence-corrected chi connectivity index (χ1v) is 6.79. The fourth-order valence-electron chi connectivity index (χ4n) is 1.99. The van der Waals surface area contributed by atoms with Crippen molar-refractivity contribution in [2.75, 3.05) is 13.7 Å². The van der Waals surface area contributed by atoms with E-state index >= 15 is 0 Å². The minimum absolute atomic E-state index is 0.184. The van der Waals surface area contributed by atoms with Crippen molar-refractivity contribution in [3.05, 3.63) is 17.7 Å². The van der Waals surface area contributed by atoms with E-state index in [4.69, 9.17) is 4.74 Å². The quantitative estimate of drug-likeness (QED) is 0.766. The van der Waals surface area contributed by atoms with Crippen LogP contribution in [0.2, 0.25) is 0 Å². The van der Waals surface area contributed by atoms with E-state index in [2.05, 4.69) is 21.8 Å². The summed E-state index contributed by atoms with van der Waals surface area (Å²) in [5.41, 5.74) is 1.63. The number of aromatic nitrogens is 2. The standard InChI is InChI=1S/C14H25N3O2/c1-6-19-13(18)14(4,15-5)8-7-9-17-10-16-11(2)12(17)3/h10,15H,6-9H2,1-5H3. The molecule has 1 atom stereocenters. The molecule has 1 N–H and O–H groups in total. The number of hydrogen-bond donors (Lipinski definition) is 1. The van der Waals surface area contributed by atoms with Crippen molar-refractivity contribution in [1.29, 1.82) is 0 Å². The molecule has 0 spiro atoms. The molecule has 5 nitrogen and oxygen atoms in total. The largest absolute Gasteiger partial charge is 0.465 e. The zero-order valence-electron chi connectivity index (χ0n) is 12.6. The smallest absolute Gasteiger partial charge is 0.326 e. The van der Waals surface area contributed by atoms with Crippen molar-refractivity contribution in [2.24, 2.45) is 0 Å². The third kappa shape index (κ3) is 3.80. The van der Waals surface area contributed by atoms with Crippen LogP contribution in [0.3, 0.4) is 0 Å². The molecule has 1 unspecified atom stereocenters. The van der Waals surface area contributed by atoms with E-state index < -0.39 is 5.54 Å². The van der Waals surface area contributed by atoms with E-state index in [1.807, 2.05) is 27.1 Å². The number of carbonyl (C=O) groups excluding carboxylic acids is 1. The maximum Gasteiger partial charge on any atom is 0.326 e. The van der Waals surface area contributed by atoms with Crippen LogP contribution in [0.5, 0.6) is 0 Å². The summed E-state index contributed by atoms with van der Waals surface area (Å²) in [6, 6.07) is 0. The van der Waals surface area contributed by atoms with Crippen LogP contribution in [-0.4, -0.2) is 34.7 Å². The summed E-state index contributed by atoms with van der Waals surface area (Å²) in [6.07, 6.45) is 3.48. The topological polar surface area (TPSA) is 56.2 Å². The van der Waals surface area contributed by atoms with Crippen molar-refractivity contribution in [3.8, 4) is 0 Å². The Morgan fingerprint density at radius 2 is 2.21 bits per heavy atom. The van der Waals surface area contributed by atoms with Crippen molar-refractivity contribution in [3.63, 3.8) is 0 Å². The lowest BCUT2D eigenvalue weighted by Crippen LogP contribution is -2.48. The molecule has 108 valence electrons. The summed E-state index contributed by atoms with van der Waals surface area (Å²) in [4.78, 5) is 16.2. The van der Waals surface area contributed by atoms with Crippen molar-refractivity contribution in [1.82, 2.24) is 14.9 Å². The van der Waals surface area contributed by atoms with Gasteiger partial charge in [0.2, 0.25) is 0 Å². The van der Waals surface area contributed by atoms with Crippen LogP contribution in [-0.2, 0) is 16.1 Å². The van der Waals surface area contributed by atoms with Gasteiger partial charge in [0.15, 0.2) is 0 Å². The van der Waals surface area contributed by atoms with Gasteiger partial charge in [0.25, 0.3) is 0 Å². The number of nitrogens with one attached hydrogen (secondary N) is 1. The molecule has 0 aliphatic rings. The Morgan fingerprint density at radius 3 is 2.68 bits per heavy atom. The van der Waals surface area contributed by atoms with Crippen molar-refractivity contribution >= 4 is 5.97 Å². The lowest BCUT2D eigenvalue weighted by molar-refractivity contribution is -0.150. The molecule has 0 amide bonds. The van der Waals surface area contributed by atoms with Gasteiger partial charge in [-0.15, -0.1) is 0 Å². The van der Waals surface area contributed by atoms with Gasteiger partial charge in [-0.1, -0.05) is 0 Å². The number of ether oxygens (including phenoxy) is 1. The molecule has 1 aromatic rings. The minimum atomic E-state index is -0.612. The Hall–Kier alpha value is -1.36. The van der Waals surface area contributed by atoms with Gasteiger partial charge in [0.05, 0.1) is 18.6 Å². The van der Waals surface area contributed by atoms with Crippen molar-refractivity contribution < 1.29 is 9.53 Å². The van der Waals surface area contributed by atoms with Gasteiger partial charge in [-0.2, -0.15) is 0 Å². The van der Waals surface area contributed by atoms with E-state index in [1.165, 1.54) is 5.69 Å². The average molecular weight is 267 g/mol. The molecule has 1 heterocycles. The Kier molecular flexibility index (Phi) is 5.54. The molecule has 1 rings (SSSR count). The first-order chi connectivity index (χ1) is 8.94. The van der Waals surface area contributed by atoms with Gasteiger partial charge in [-0.05, 0) is 47.6 Å². The van der Waals surface area contributed by atoms with E-state index in [-0.39, 0.29) is 5.97 Å². The van der Waals surface area contributed by atoms with Gasteiger partial charge in [-0.25, -0.2) is 4.98 Å². The molecule has 0 fully saturated rings. The number of esters is 1. The van der Waals surface area contributed by atoms with Gasteiger partial charge < -0.3 is 14.6 Å². The SMILES string of the molecule is CCOC(=O)C(C)(CCCn1cnc(C)c1C)NC. The molecule has 0 aliphatic heterocycles. The molecule has 0 saturated carbocycles. The van der Waals surface area contributed by atoms with Crippen LogP contribution in [0, 0.1) is 13.8 Å². The Balaban J connectivity index is 2.54. The second kappa shape index (κ2) is 6.70. The summed E-state index contributed by atoms with van der Waals surface area (Å²) in [5.74, 6) is -0.184. The van der Waals surface area contributed by atoms with Crippen LogP contribution < -0.4 is 5.32 Å². The van der Waals surface area contributed by atoms with Gasteiger partial charge in [0, 0.05) is 12.2 Å². The average Bonchev–Trinajstić information content (AvgIpc) is 2.70. The Bertz CT molecular complexity index is 428. The molecule has 0 bridgehead atoms. The van der Waals surface area contributed by atoms with Gasteiger partial charge >= 0.3 is 5.97 Å². The number of hydrogen-bond acceptors (Lipinski definition) is 4. The first kappa shape index (κ1) is 15.7. The molecular weight excluding hydrogens is 242 g/mol. The predicted octanol–water partition coefficient (Wildman–Crippen LogP) is 1.82. The zero-order valence-corrected chi connectivity index (χ0v) is 12.6. The highest BCUT2D eigenvalue weighted by Gasteiger charge is 2.32. The molecule has 0 radical (unpaired) electrons. The molecule has 0 aliphatic carbocycles. The summed E-state index contributed by atoms with van der Waals surface area (Å²) in [5, 5.41) is 3.07. The predicted molar refractivity (Wildman–Crippen MR) is 75.0 cm³/mol. The normalized spacial score (nSPS) is 14.2. The third-order valence-electron chi connectivity index (χ3n) is 3.70. The Morgan fingerprint density at radius 1 is 1.53 bits per heavy atom. The van der Waals surface area contributed by atoms with Crippen LogP contribution >= 0.6 is 0 Å². The monoisotopic (exact) mass is 267 g/mol. The maximum absolute atomic E-state index is 11.9. The third-order valence-corrected chi connectivity index (χ3v) is 3.70. The Labute approximate surface area is 115 Å². The van der Waals surface area contributed by atoms with Crippen LogP contribution in [0.25, 0.3) is 0 Å². The van der Waals surface area contributed by atoms with Gasteiger partial charge in [0.1, 0.15) is 5.54 Å². The fourth-order valence-corrected chi connectivity index (χ4v) is 1.99. The number of imidazole rings is 1. The number of aryl methyl sites for hydroxylation is 2. The maximum atomic E-state index is 11.9. The van der Waals surface area contributed by atoms with Crippen molar-refractivity contribution in [2.45, 2.75) is 52.6 Å². The molecule has 5 heteroatoms. The molecule has 19 heavy (non-hydrogen) atoms. The van der Waals surface area contributed by atoms with E-state index in [9.17, 15) is 4.79 Å². The van der Waals surface area contributed by atoms with E-state index in [0.717, 1.165) is 25.1 Å². The van der Waals surface area contributed by atoms with Gasteiger partial charge in [-0.3, -0.25) is 4.79 Å². The second-order valence-corrected chi connectivity index (χ2v) is 5.01. The highest BCUT2D eigenvalue weighted by molar-refractivity contribution is 5.80. The zero-order chi connectivity index (χ0) is 14.5. The molecule has 1 aromatic heterocycles. The van der Waals surface area contributed by atoms with Crippen LogP contribution in [0.1, 0.15) is 38.1 Å². The molecule has 0 aromatic carbocycles. The van der Waals surface area contributed by atoms with Crippen LogP contribution in [0.15, 0.2) is 6.33 Å². The number of likely N-dealkylation sites (N-methyl/N-ethyl adjacent to an activating group) is 1. The molecule has 0 saturated heterocycles. The molecular formula is C14H25N3O2. The number of rotatable bonds is 7. The lowest BCUT2D eigenvalue weighted by Gasteiger charge is -2.26. The first-order valence-electron chi connectivity index (χ1n) is 6.79. The number of nitrogens with zero attached hydrogens (tertiary/aromatic N) is 2. The fraction of sp³-hybridized carbons (Fsp3) is 0.714.